The molecule has 0 saturated carbocycles. The second kappa shape index (κ2) is 15.2. The fraction of sp³-hybridized carbons (Fsp3) is 0.308. The number of hydrogen-bond donors (Lipinski definition) is 3. The molecule has 0 aliphatic carbocycles. The average molecular weight is 520 g/mol. The van der Waals surface area contributed by atoms with Crippen molar-refractivity contribution in [3.05, 3.63) is 86.7 Å². The van der Waals surface area contributed by atoms with Crippen LogP contribution in [0, 0.1) is 0 Å². The molecule has 0 heterocycles. The smallest absolute Gasteiger partial charge is 0.250 e. The number of hydrogen-bond acceptors (Lipinski definition) is 6. The molecular weight excluding hydrogens is 489 g/mol. The molecule has 0 aromatic heterocycles. The minimum atomic E-state index is -0.292. The highest BCUT2D eigenvalue weighted by Crippen LogP contribution is 2.17. The number of aliphatic hydroxyl groups is 1. The minimum absolute atomic E-state index is 0.0631. The maximum Gasteiger partial charge on any atom is 0.250 e. The Hall–Kier alpha value is -2.84. The van der Waals surface area contributed by atoms with Crippen molar-refractivity contribution in [2.24, 2.45) is 4.99 Å². The van der Waals surface area contributed by atoms with Crippen molar-refractivity contribution in [1.29, 1.82) is 0 Å². The highest BCUT2D eigenvalue weighted by molar-refractivity contribution is 6.30. The van der Waals surface area contributed by atoms with Gasteiger partial charge < -0.3 is 25.2 Å². The van der Waals surface area contributed by atoms with E-state index in [0.29, 0.717) is 40.5 Å². The molecule has 0 aliphatic rings. The summed E-state index contributed by atoms with van der Waals surface area (Å²) in [5.41, 5.74) is 2.96. The van der Waals surface area contributed by atoms with E-state index in [-0.39, 0.29) is 25.7 Å². The van der Waals surface area contributed by atoms with E-state index in [1.165, 1.54) is 0 Å². The van der Waals surface area contributed by atoms with Crippen molar-refractivity contribution in [3.8, 4) is 0 Å². The number of ether oxygens (including phenoxy) is 2. The van der Waals surface area contributed by atoms with Gasteiger partial charge in [-0.2, -0.15) is 4.99 Å². The van der Waals surface area contributed by atoms with E-state index in [1.54, 1.807) is 20.0 Å². The van der Waals surface area contributed by atoms with Gasteiger partial charge in [0.2, 0.25) is 5.90 Å². The Morgan fingerprint density at radius 2 is 1.83 bits per heavy atom. The van der Waals surface area contributed by atoms with Crippen LogP contribution in [0.15, 0.2) is 70.5 Å². The maximum atomic E-state index is 12.6. The third-order valence-electron chi connectivity index (χ3n) is 4.77. The van der Waals surface area contributed by atoms with Gasteiger partial charge in [-0.15, -0.1) is 0 Å². The normalized spacial score (nSPS) is 12.7. The highest BCUT2D eigenvalue weighted by atomic mass is 35.5. The van der Waals surface area contributed by atoms with Crippen molar-refractivity contribution in [2.45, 2.75) is 20.5 Å². The van der Waals surface area contributed by atoms with E-state index in [0.717, 1.165) is 16.7 Å². The number of rotatable bonds is 12. The van der Waals surface area contributed by atoms with E-state index in [9.17, 15) is 4.79 Å². The number of aliphatic imine (C=N–C) groups is 1. The number of benzene rings is 2. The Balaban J connectivity index is 2.30. The Labute approximate surface area is 216 Å². The molecule has 188 valence electrons. The summed E-state index contributed by atoms with van der Waals surface area (Å²) < 4.78 is 11.2. The molecule has 9 heteroatoms. The first-order valence-electron chi connectivity index (χ1n) is 11.1. The van der Waals surface area contributed by atoms with Crippen LogP contribution in [0.4, 0.5) is 0 Å². The zero-order valence-corrected chi connectivity index (χ0v) is 21.6. The maximum absolute atomic E-state index is 12.6. The Kier molecular flexibility index (Phi) is 12.3. The van der Waals surface area contributed by atoms with Crippen molar-refractivity contribution in [3.63, 3.8) is 0 Å². The van der Waals surface area contributed by atoms with Crippen LogP contribution in [-0.4, -0.2) is 50.3 Å². The summed E-state index contributed by atoms with van der Waals surface area (Å²) in [6.45, 7) is 4.57. The molecule has 0 atom stereocenters. The Bertz CT molecular complexity index is 1070. The molecule has 2 rings (SSSR count). The topological polar surface area (TPSA) is 92.2 Å². The molecule has 0 saturated heterocycles. The first-order valence-corrected chi connectivity index (χ1v) is 11.8. The SMILES string of the molecule is CNC(/N=C(OCc1cccc(Cl)c1)\C(C)=C/c1ccc(Cl)cc1)=C(/C)C(=O)NCCOCCO. The molecule has 2 aromatic carbocycles. The summed E-state index contributed by atoms with van der Waals surface area (Å²) in [4.78, 5) is 17.2. The fourth-order valence-electron chi connectivity index (χ4n) is 2.96. The zero-order valence-electron chi connectivity index (χ0n) is 20.1. The lowest BCUT2D eigenvalue weighted by Crippen LogP contribution is -2.30. The van der Waals surface area contributed by atoms with Crippen LogP contribution < -0.4 is 10.6 Å². The molecule has 0 radical (unpaired) electrons. The van der Waals surface area contributed by atoms with Gasteiger partial charge in [0.25, 0.3) is 5.91 Å². The largest absolute Gasteiger partial charge is 0.473 e. The molecule has 0 aliphatic heterocycles. The summed E-state index contributed by atoms with van der Waals surface area (Å²) in [5.74, 6) is 0.422. The van der Waals surface area contributed by atoms with E-state index < -0.39 is 0 Å². The number of nitrogens with one attached hydrogen (secondary N) is 2. The van der Waals surface area contributed by atoms with Crippen LogP contribution in [-0.2, 0) is 20.9 Å². The molecule has 0 unspecified atom stereocenters. The van der Waals surface area contributed by atoms with E-state index in [4.69, 9.17) is 37.8 Å². The number of carbonyl (C=O) groups excluding carboxylic acids is 1. The van der Waals surface area contributed by atoms with Crippen molar-refractivity contribution >= 4 is 41.1 Å². The lowest BCUT2D eigenvalue weighted by Gasteiger charge is -2.14. The molecule has 1 amide bonds. The van der Waals surface area contributed by atoms with Gasteiger partial charge in [-0.1, -0.05) is 47.5 Å². The number of aliphatic hydroxyl groups excluding tert-OH is 1. The molecule has 0 bridgehead atoms. The Morgan fingerprint density at radius 3 is 2.49 bits per heavy atom. The number of carbonyl (C=O) groups is 1. The average Bonchev–Trinajstić information content (AvgIpc) is 2.85. The summed E-state index contributed by atoms with van der Waals surface area (Å²) in [6.07, 6.45) is 1.92. The lowest BCUT2D eigenvalue weighted by atomic mass is 10.1. The van der Waals surface area contributed by atoms with Gasteiger partial charge in [-0.25, -0.2) is 0 Å². The van der Waals surface area contributed by atoms with Crippen LogP contribution in [0.2, 0.25) is 10.0 Å². The quantitative estimate of drug-likeness (QED) is 0.165. The van der Waals surface area contributed by atoms with Gasteiger partial charge in [0, 0.05) is 29.2 Å². The predicted molar refractivity (Wildman–Crippen MR) is 141 cm³/mol. The monoisotopic (exact) mass is 519 g/mol. The van der Waals surface area contributed by atoms with E-state index >= 15 is 0 Å². The summed E-state index contributed by atoms with van der Waals surface area (Å²) in [7, 11) is 1.69. The molecule has 35 heavy (non-hydrogen) atoms. The molecule has 3 N–H and O–H groups in total. The van der Waals surface area contributed by atoms with Crippen molar-refractivity contribution < 1.29 is 19.4 Å². The highest BCUT2D eigenvalue weighted by Gasteiger charge is 2.13. The van der Waals surface area contributed by atoms with Crippen LogP contribution in [0.25, 0.3) is 6.08 Å². The third-order valence-corrected chi connectivity index (χ3v) is 5.26. The third kappa shape index (κ3) is 10.1. The van der Waals surface area contributed by atoms with Gasteiger partial charge in [-0.3, -0.25) is 4.79 Å². The van der Waals surface area contributed by atoms with Crippen LogP contribution >= 0.6 is 23.2 Å². The van der Waals surface area contributed by atoms with E-state index in [2.05, 4.69) is 15.6 Å². The van der Waals surface area contributed by atoms with Crippen LogP contribution in [0.5, 0.6) is 0 Å². The van der Waals surface area contributed by atoms with Gasteiger partial charge in [-0.05, 0) is 55.3 Å². The summed E-state index contributed by atoms with van der Waals surface area (Å²) >= 11 is 12.1. The minimum Gasteiger partial charge on any atom is -0.473 e. The Morgan fingerprint density at radius 1 is 1.09 bits per heavy atom. The summed E-state index contributed by atoms with van der Waals surface area (Å²) in [5, 5.41) is 15.8. The van der Waals surface area contributed by atoms with Crippen molar-refractivity contribution in [2.75, 3.05) is 33.4 Å². The lowest BCUT2D eigenvalue weighted by molar-refractivity contribution is -0.117. The second-order valence-corrected chi connectivity index (χ2v) is 8.40. The van der Waals surface area contributed by atoms with Crippen LogP contribution in [0.3, 0.4) is 0 Å². The molecule has 0 spiro atoms. The van der Waals surface area contributed by atoms with Gasteiger partial charge in [0.15, 0.2) is 0 Å². The van der Waals surface area contributed by atoms with Gasteiger partial charge >= 0.3 is 0 Å². The number of amides is 1. The first-order chi connectivity index (χ1) is 16.8. The number of halogens is 2. The first kappa shape index (κ1) is 28.4. The zero-order chi connectivity index (χ0) is 25.6. The molecule has 7 nitrogen and oxygen atoms in total. The second-order valence-electron chi connectivity index (χ2n) is 7.53. The molecule has 2 aromatic rings. The summed E-state index contributed by atoms with van der Waals surface area (Å²) in [6, 6.07) is 14.8. The van der Waals surface area contributed by atoms with Crippen LogP contribution in [0.1, 0.15) is 25.0 Å². The van der Waals surface area contributed by atoms with Crippen molar-refractivity contribution in [1.82, 2.24) is 10.6 Å². The number of nitrogens with zero attached hydrogens (tertiary/aromatic N) is 1. The van der Waals surface area contributed by atoms with Gasteiger partial charge in [0.05, 0.1) is 25.4 Å². The predicted octanol–water partition coefficient (Wildman–Crippen LogP) is 4.59. The molecule has 0 fully saturated rings. The molecular formula is C26H31Cl2N3O4. The standard InChI is InChI=1S/C26H31Cl2N3O4/c1-18(15-20-7-9-22(27)10-8-20)26(35-17-21-5-4-6-23(28)16-21)31-24(29-3)19(2)25(33)30-11-13-34-14-12-32/h4-10,15-16,29,32H,11-14,17H2,1-3H3,(H,30,33)/b18-15-,24-19+,31-26+. The fourth-order valence-corrected chi connectivity index (χ4v) is 3.29. The van der Waals surface area contributed by atoms with E-state index in [1.807, 2.05) is 55.5 Å². The van der Waals surface area contributed by atoms with Gasteiger partial charge in [0.1, 0.15) is 12.4 Å².